The zero-order valence-electron chi connectivity index (χ0n) is 13.9. The van der Waals surface area contributed by atoms with Crippen molar-refractivity contribution in [3.8, 4) is 0 Å². The molecule has 134 valence electrons. The van der Waals surface area contributed by atoms with Crippen LogP contribution in [-0.2, 0) is 9.84 Å². The smallest absolute Gasteiger partial charge is 0.288 e. The Morgan fingerprint density at radius 3 is 2.40 bits per heavy atom. The highest BCUT2D eigenvalue weighted by Crippen LogP contribution is 2.28. The fourth-order valence-corrected chi connectivity index (χ4v) is 3.40. The van der Waals surface area contributed by atoms with Crippen molar-refractivity contribution in [1.29, 1.82) is 0 Å². The zero-order chi connectivity index (χ0) is 18.6. The first-order valence-corrected chi connectivity index (χ1v) is 9.55. The first-order chi connectivity index (χ1) is 11.7. The first kappa shape index (κ1) is 18.9. The van der Waals surface area contributed by atoms with Gasteiger partial charge in [0, 0.05) is 24.1 Å². The van der Waals surface area contributed by atoms with Gasteiger partial charge in [0.25, 0.3) is 5.69 Å². The highest BCUT2D eigenvalue weighted by atomic mass is 32.2. The maximum Gasteiger partial charge on any atom is 0.288 e. The second kappa shape index (κ2) is 7.62. The van der Waals surface area contributed by atoms with E-state index in [0.717, 1.165) is 11.8 Å². The summed E-state index contributed by atoms with van der Waals surface area (Å²) in [5.74, 6) is 0. The van der Waals surface area contributed by atoms with Crippen LogP contribution in [0.5, 0.6) is 0 Å². The Bertz CT molecular complexity index is 853. The van der Waals surface area contributed by atoms with E-state index in [1.807, 2.05) is 37.3 Å². The molecule has 0 saturated heterocycles. The second-order valence-electron chi connectivity index (χ2n) is 5.92. The van der Waals surface area contributed by atoms with Crippen LogP contribution in [0.1, 0.15) is 25.0 Å². The second-order valence-corrected chi connectivity index (χ2v) is 7.90. The van der Waals surface area contributed by atoms with Gasteiger partial charge in [0.1, 0.15) is 4.90 Å². The van der Waals surface area contributed by atoms with E-state index in [4.69, 9.17) is 0 Å². The predicted molar refractivity (Wildman–Crippen MR) is 95.3 cm³/mol. The minimum absolute atomic E-state index is 0.177. The van der Waals surface area contributed by atoms with Crippen molar-refractivity contribution < 1.29 is 18.4 Å². The van der Waals surface area contributed by atoms with Crippen molar-refractivity contribution in [3.63, 3.8) is 0 Å². The molecule has 0 spiro atoms. The van der Waals surface area contributed by atoms with Gasteiger partial charge >= 0.3 is 0 Å². The summed E-state index contributed by atoms with van der Waals surface area (Å²) in [6.45, 7) is 1.84. The fourth-order valence-electron chi connectivity index (χ4n) is 2.54. The molecule has 2 N–H and O–H groups in total. The van der Waals surface area contributed by atoms with Gasteiger partial charge in [-0.1, -0.05) is 30.3 Å². The van der Waals surface area contributed by atoms with Gasteiger partial charge in [-0.3, -0.25) is 10.1 Å². The molecule has 2 rings (SSSR count). The van der Waals surface area contributed by atoms with Crippen LogP contribution >= 0.6 is 0 Å². The Morgan fingerprint density at radius 1 is 1.20 bits per heavy atom. The number of aliphatic hydroxyl groups excluding tert-OH is 1. The molecular weight excluding hydrogens is 344 g/mol. The molecule has 7 nitrogen and oxygen atoms in total. The van der Waals surface area contributed by atoms with Crippen molar-refractivity contribution in [2.24, 2.45) is 0 Å². The molecule has 0 amide bonds. The Balaban J connectivity index is 2.16. The number of nitrogens with one attached hydrogen (secondary N) is 1. The lowest BCUT2D eigenvalue weighted by Crippen LogP contribution is -2.19. The monoisotopic (exact) mass is 364 g/mol. The van der Waals surface area contributed by atoms with Gasteiger partial charge in [-0.05, 0) is 31.0 Å². The van der Waals surface area contributed by atoms with E-state index in [9.17, 15) is 23.6 Å². The minimum atomic E-state index is -3.73. The number of nitro groups is 1. The van der Waals surface area contributed by atoms with Crippen molar-refractivity contribution in [3.05, 3.63) is 64.2 Å². The number of aliphatic hydroxyl groups is 1. The van der Waals surface area contributed by atoms with Gasteiger partial charge in [-0.25, -0.2) is 8.42 Å². The van der Waals surface area contributed by atoms with Crippen LogP contribution in [0.2, 0.25) is 0 Å². The summed E-state index contributed by atoms with van der Waals surface area (Å²) in [6, 6.07) is 12.9. The molecule has 0 aliphatic carbocycles. The van der Waals surface area contributed by atoms with Gasteiger partial charge in [0.05, 0.1) is 11.0 Å². The molecule has 0 bridgehead atoms. The molecule has 0 aliphatic rings. The quantitative estimate of drug-likeness (QED) is 0.577. The van der Waals surface area contributed by atoms with Crippen LogP contribution in [0, 0.1) is 10.1 Å². The van der Waals surface area contributed by atoms with E-state index in [-0.39, 0.29) is 10.9 Å². The third-order valence-corrected chi connectivity index (χ3v) is 4.86. The van der Waals surface area contributed by atoms with E-state index < -0.39 is 26.6 Å². The maximum atomic E-state index is 11.8. The number of nitrogens with zero attached hydrogens (tertiary/aromatic N) is 1. The number of sulfone groups is 1. The number of anilines is 1. The summed E-state index contributed by atoms with van der Waals surface area (Å²) in [4.78, 5) is 9.94. The lowest BCUT2D eigenvalue weighted by molar-refractivity contribution is -0.387. The molecule has 2 unspecified atom stereocenters. The van der Waals surface area contributed by atoms with Crippen LogP contribution in [0.4, 0.5) is 11.4 Å². The Kier molecular flexibility index (Phi) is 5.76. The van der Waals surface area contributed by atoms with E-state index in [1.54, 1.807) is 0 Å². The average molecular weight is 364 g/mol. The van der Waals surface area contributed by atoms with Crippen LogP contribution < -0.4 is 5.32 Å². The maximum absolute atomic E-state index is 11.8. The molecule has 25 heavy (non-hydrogen) atoms. The molecule has 0 heterocycles. The van der Waals surface area contributed by atoms with E-state index in [2.05, 4.69) is 5.32 Å². The SMILES string of the molecule is CC(CC(O)c1ccccc1)Nc1ccc([N+](=O)[O-])c(S(C)(=O)=O)c1. The number of rotatable bonds is 7. The highest BCUT2D eigenvalue weighted by Gasteiger charge is 2.23. The molecular formula is C17H20N2O5S. The lowest BCUT2D eigenvalue weighted by Gasteiger charge is -2.19. The summed E-state index contributed by atoms with van der Waals surface area (Å²) in [7, 11) is -3.73. The molecule has 2 aromatic carbocycles. The predicted octanol–water partition coefficient (Wildman–Crippen LogP) is 2.92. The van der Waals surface area contributed by atoms with Gasteiger partial charge in [0.2, 0.25) is 0 Å². The third kappa shape index (κ3) is 5.01. The largest absolute Gasteiger partial charge is 0.388 e. The summed E-state index contributed by atoms with van der Waals surface area (Å²) >= 11 is 0. The van der Waals surface area contributed by atoms with E-state index in [0.29, 0.717) is 12.1 Å². The van der Waals surface area contributed by atoms with Gasteiger partial charge in [-0.15, -0.1) is 0 Å². The molecule has 0 aliphatic heterocycles. The summed E-state index contributed by atoms with van der Waals surface area (Å²) in [6.07, 6.45) is 0.660. The van der Waals surface area contributed by atoms with E-state index >= 15 is 0 Å². The topological polar surface area (TPSA) is 110 Å². The standard InChI is InChI=1S/C17H20N2O5S/c1-12(10-16(20)13-6-4-3-5-7-13)18-14-8-9-15(19(21)22)17(11-14)25(2,23)24/h3-9,11-12,16,18,20H,10H2,1-2H3. The van der Waals surface area contributed by atoms with Crippen molar-refractivity contribution in [2.75, 3.05) is 11.6 Å². The number of benzene rings is 2. The molecule has 0 radical (unpaired) electrons. The number of hydrogen-bond acceptors (Lipinski definition) is 6. The molecule has 0 aromatic heterocycles. The number of hydrogen-bond donors (Lipinski definition) is 2. The van der Waals surface area contributed by atoms with Crippen LogP contribution in [0.3, 0.4) is 0 Å². The summed E-state index contributed by atoms with van der Waals surface area (Å²) in [5.41, 5.74) is 0.778. The Labute approximate surface area is 146 Å². The van der Waals surface area contributed by atoms with Gasteiger partial charge in [-0.2, -0.15) is 0 Å². The molecule has 0 fully saturated rings. The minimum Gasteiger partial charge on any atom is -0.388 e. The van der Waals surface area contributed by atoms with Gasteiger partial charge < -0.3 is 10.4 Å². The molecule has 2 aromatic rings. The van der Waals surface area contributed by atoms with E-state index in [1.165, 1.54) is 18.2 Å². The highest BCUT2D eigenvalue weighted by molar-refractivity contribution is 7.90. The van der Waals surface area contributed by atoms with Crippen LogP contribution in [0.25, 0.3) is 0 Å². The normalized spacial score (nSPS) is 13.9. The average Bonchev–Trinajstić information content (AvgIpc) is 2.54. The molecule has 8 heteroatoms. The van der Waals surface area contributed by atoms with Crippen molar-refractivity contribution in [1.82, 2.24) is 0 Å². The fraction of sp³-hybridized carbons (Fsp3) is 0.294. The first-order valence-electron chi connectivity index (χ1n) is 7.66. The Morgan fingerprint density at radius 2 is 1.84 bits per heavy atom. The van der Waals surface area contributed by atoms with Crippen molar-refractivity contribution in [2.45, 2.75) is 30.4 Å². The Hall–Kier alpha value is -2.45. The molecule has 0 saturated carbocycles. The summed E-state index contributed by atoms with van der Waals surface area (Å²) in [5, 5.41) is 24.3. The van der Waals surface area contributed by atoms with Gasteiger partial charge in [0.15, 0.2) is 9.84 Å². The summed E-state index contributed by atoms with van der Waals surface area (Å²) < 4.78 is 23.6. The number of nitro benzene ring substituents is 1. The third-order valence-electron chi connectivity index (χ3n) is 3.73. The van der Waals surface area contributed by atoms with Crippen LogP contribution in [-0.4, -0.2) is 30.7 Å². The van der Waals surface area contributed by atoms with Crippen molar-refractivity contribution >= 4 is 21.2 Å². The van der Waals surface area contributed by atoms with Crippen LogP contribution in [0.15, 0.2) is 53.4 Å². The molecule has 2 atom stereocenters. The zero-order valence-corrected chi connectivity index (χ0v) is 14.7. The lowest BCUT2D eigenvalue weighted by atomic mass is 10.0.